The highest BCUT2D eigenvalue weighted by molar-refractivity contribution is 7.21. The molecule has 1 amide bonds. The minimum Gasteiger partial charge on any atom is -0.266 e. The number of pyridine rings is 1. The number of nitrogens with zero attached hydrogens (tertiary/aromatic N) is 2. The van der Waals surface area contributed by atoms with E-state index in [1.54, 1.807) is 13.1 Å². The highest BCUT2D eigenvalue weighted by atomic mass is 35.5. The summed E-state index contributed by atoms with van der Waals surface area (Å²) in [5, 5.41) is 5.43. The highest BCUT2D eigenvalue weighted by Crippen LogP contribution is 2.34. The number of amides is 1. The number of hydrazone groups is 1. The smallest absolute Gasteiger partial charge is 0.266 e. The first-order valence-electron chi connectivity index (χ1n) is 6.60. The number of carbonyl (C=O) groups excluding carboxylic acids is 1. The summed E-state index contributed by atoms with van der Waals surface area (Å²) in [5.74, 6) is -0.318. The first-order chi connectivity index (χ1) is 10.7. The largest absolute Gasteiger partial charge is 0.283 e. The molecule has 0 saturated heterocycles. The second-order valence-corrected chi connectivity index (χ2v) is 6.02. The number of hydrogen-bond acceptors (Lipinski definition) is 4. The molecule has 2 aromatic heterocycles. The Kier molecular flexibility index (Phi) is 4.18. The lowest BCUT2D eigenvalue weighted by Crippen LogP contribution is -2.18. The molecular weight excluding hydrogens is 318 g/mol. The lowest BCUT2D eigenvalue weighted by molar-refractivity contribution is 0.0959. The quantitative estimate of drug-likeness (QED) is 0.581. The van der Waals surface area contributed by atoms with Crippen molar-refractivity contribution in [1.29, 1.82) is 0 Å². The van der Waals surface area contributed by atoms with E-state index in [4.69, 9.17) is 11.6 Å². The number of nitrogens with one attached hydrogen (secondary N) is 1. The second kappa shape index (κ2) is 6.25. The van der Waals surface area contributed by atoms with Crippen molar-refractivity contribution in [3.8, 4) is 0 Å². The monoisotopic (exact) mass is 329 g/mol. The Balaban J connectivity index is 1.83. The SMILES string of the molecule is C/C(=N/NC(=O)c1sc2ccccc2c1Cl)c1ccccn1. The summed E-state index contributed by atoms with van der Waals surface area (Å²) < 4.78 is 0.975. The van der Waals surface area contributed by atoms with Crippen molar-refractivity contribution >= 4 is 44.6 Å². The highest BCUT2D eigenvalue weighted by Gasteiger charge is 2.16. The van der Waals surface area contributed by atoms with Crippen molar-refractivity contribution < 1.29 is 4.79 Å². The summed E-state index contributed by atoms with van der Waals surface area (Å²) in [6.45, 7) is 1.79. The Bertz CT molecular complexity index is 858. The fraction of sp³-hybridized carbons (Fsp3) is 0.0625. The van der Waals surface area contributed by atoms with Crippen LogP contribution in [0.2, 0.25) is 5.02 Å². The molecule has 0 saturated carbocycles. The molecule has 0 bridgehead atoms. The Morgan fingerprint density at radius 1 is 1.23 bits per heavy atom. The van der Waals surface area contributed by atoms with Crippen LogP contribution in [-0.2, 0) is 0 Å². The van der Waals surface area contributed by atoms with Crippen LogP contribution in [0.1, 0.15) is 22.3 Å². The Morgan fingerprint density at radius 3 is 2.73 bits per heavy atom. The summed E-state index contributed by atoms with van der Waals surface area (Å²) in [4.78, 5) is 16.9. The number of aromatic nitrogens is 1. The normalized spacial score (nSPS) is 11.6. The molecule has 0 fully saturated rings. The molecule has 3 aromatic rings. The lowest BCUT2D eigenvalue weighted by atomic mass is 10.2. The van der Waals surface area contributed by atoms with E-state index in [-0.39, 0.29) is 5.91 Å². The van der Waals surface area contributed by atoms with Crippen molar-refractivity contribution in [2.75, 3.05) is 0 Å². The van der Waals surface area contributed by atoms with Crippen LogP contribution in [0.25, 0.3) is 10.1 Å². The van der Waals surface area contributed by atoms with Gasteiger partial charge in [0, 0.05) is 16.3 Å². The molecular formula is C16H12ClN3OS. The van der Waals surface area contributed by atoms with Crippen LogP contribution in [0.3, 0.4) is 0 Å². The molecule has 0 atom stereocenters. The lowest BCUT2D eigenvalue weighted by Gasteiger charge is -2.01. The van der Waals surface area contributed by atoms with Crippen molar-refractivity contribution in [3.63, 3.8) is 0 Å². The van der Waals surface area contributed by atoms with Gasteiger partial charge in [0.1, 0.15) is 4.88 Å². The summed E-state index contributed by atoms with van der Waals surface area (Å²) >= 11 is 7.62. The predicted octanol–water partition coefficient (Wildman–Crippen LogP) is 4.10. The van der Waals surface area contributed by atoms with Gasteiger partial charge in [-0.3, -0.25) is 9.78 Å². The van der Waals surface area contributed by atoms with Crippen molar-refractivity contribution in [2.24, 2.45) is 5.10 Å². The summed E-state index contributed by atoms with van der Waals surface area (Å²) in [5.41, 5.74) is 3.88. The zero-order chi connectivity index (χ0) is 15.5. The van der Waals surface area contributed by atoms with Crippen LogP contribution < -0.4 is 5.43 Å². The van der Waals surface area contributed by atoms with Gasteiger partial charge in [-0.25, -0.2) is 5.43 Å². The third-order valence-corrected chi connectivity index (χ3v) is 4.78. The van der Waals surface area contributed by atoms with E-state index in [9.17, 15) is 4.79 Å². The molecule has 1 aromatic carbocycles. The van der Waals surface area contributed by atoms with E-state index in [2.05, 4.69) is 15.5 Å². The van der Waals surface area contributed by atoms with Gasteiger partial charge in [0.2, 0.25) is 0 Å². The molecule has 0 radical (unpaired) electrons. The first kappa shape index (κ1) is 14.7. The van der Waals surface area contributed by atoms with Gasteiger partial charge in [0.05, 0.1) is 16.4 Å². The topological polar surface area (TPSA) is 54.4 Å². The fourth-order valence-corrected chi connectivity index (χ4v) is 3.39. The maximum absolute atomic E-state index is 12.3. The minimum atomic E-state index is -0.318. The molecule has 110 valence electrons. The number of rotatable bonds is 3. The molecule has 6 heteroatoms. The molecule has 2 heterocycles. The molecule has 0 spiro atoms. The zero-order valence-electron chi connectivity index (χ0n) is 11.7. The number of carbonyl (C=O) groups is 1. The van der Waals surface area contributed by atoms with Gasteiger partial charge in [-0.05, 0) is 25.1 Å². The van der Waals surface area contributed by atoms with Crippen LogP contribution in [0, 0.1) is 0 Å². The molecule has 0 aliphatic heterocycles. The fourth-order valence-electron chi connectivity index (χ4n) is 1.98. The Hall–Kier alpha value is -2.24. The standard InChI is InChI=1S/C16H12ClN3OS/c1-10(12-7-4-5-9-18-12)19-20-16(21)15-14(17)11-6-2-3-8-13(11)22-15/h2-9H,1H3,(H,20,21)/b19-10-. The van der Waals surface area contributed by atoms with E-state index < -0.39 is 0 Å². The van der Waals surface area contributed by atoms with Gasteiger partial charge in [-0.15, -0.1) is 11.3 Å². The molecule has 0 aliphatic rings. The molecule has 0 aliphatic carbocycles. The van der Waals surface area contributed by atoms with Crippen LogP contribution in [0.15, 0.2) is 53.8 Å². The van der Waals surface area contributed by atoms with E-state index in [1.165, 1.54) is 11.3 Å². The van der Waals surface area contributed by atoms with Gasteiger partial charge < -0.3 is 0 Å². The first-order valence-corrected chi connectivity index (χ1v) is 7.79. The van der Waals surface area contributed by atoms with E-state index in [0.717, 1.165) is 10.1 Å². The molecule has 0 unspecified atom stereocenters. The number of halogens is 1. The molecule has 3 rings (SSSR count). The summed E-state index contributed by atoms with van der Waals surface area (Å²) in [7, 11) is 0. The third kappa shape index (κ3) is 2.86. The van der Waals surface area contributed by atoms with Crippen LogP contribution in [0.4, 0.5) is 0 Å². The van der Waals surface area contributed by atoms with Gasteiger partial charge in [0.15, 0.2) is 0 Å². The summed E-state index contributed by atoms with van der Waals surface area (Å²) in [6.07, 6.45) is 1.68. The van der Waals surface area contributed by atoms with Crippen LogP contribution in [-0.4, -0.2) is 16.6 Å². The van der Waals surface area contributed by atoms with Crippen molar-refractivity contribution in [1.82, 2.24) is 10.4 Å². The zero-order valence-corrected chi connectivity index (χ0v) is 13.3. The Labute approximate surface area is 136 Å². The molecule has 22 heavy (non-hydrogen) atoms. The van der Waals surface area contributed by atoms with Crippen molar-refractivity contribution in [2.45, 2.75) is 6.92 Å². The van der Waals surface area contributed by atoms with Gasteiger partial charge >= 0.3 is 0 Å². The minimum absolute atomic E-state index is 0.318. The number of thiophene rings is 1. The number of fused-ring (bicyclic) bond motifs is 1. The average molecular weight is 330 g/mol. The number of benzene rings is 1. The third-order valence-electron chi connectivity index (χ3n) is 3.10. The van der Waals surface area contributed by atoms with Gasteiger partial charge in [-0.2, -0.15) is 5.10 Å². The average Bonchev–Trinajstić information content (AvgIpc) is 2.90. The summed E-state index contributed by atoms with van der Waals surface area (Å²) in [6, 6.07) is 13.2. The second-order valence-electron chi connectivity index (χ2n) is 4.59. The molecule has 4 nitrogen and oxygen atoms in total. The van der Waals surface area contributed by atoms with Gasteiger partial charge in [-0.1, -0.05) is 35.9 Å². The predicted molar refractivity (Wildman–Crippen MR) is 90.7 cm³/mol. The van der Waals surface area contributed by atoms with Crippen LogP contribution in [0.5, 0.6) is 0 Å². The van der Waals surface area contributed by atoms with Crippen LogP contribution >= 0.6 is 22.9 Å². The van der Waals surface area contributed by atoms with E-state index in [0.29, 0.717) is 21.3 Å². The maximum Gasteiger partial charge on any atom is 0.283 e. The maximum atomic E-state index is 12.3. The van der Waals surface area contributed by atoms with Crippen molar-refractivity contribution in [3.05, 3.63) is 64.3 Å². The molecule has 1 N–H and O–H groups in total. The van der Waals surface area contributed by atoms with E-state index in [1.807, 2.05) is 42.5 Å². The van der Waals surface area contributed by atoms with Gasteiger partial charge in [0.25, 0.3) is 5.91 Å². The Morgan fingerprint density at radius 2 is 2.00 bits per heavy atom. The number of hydrogen-bond donors (Lipinski definition) is 1. The van der Waals surface area contributed by atoms with E-state index >= 15 is 0 Å².